The number of nitrogens with one attached hydrogen (secondary N) is 1. The molecule has 6 nitrogen and oxygen atoms in total. The Morgan fingerprint density at radius 3 is 2.43 bits per heavy atom. The first kappa shape index (κ1) is 18.5. The van der Waals surface area contributed by atoms with Gasteiger partial charge in [0.2, 0.25) is 10.0 Å². The fraction of sp³-hybridized carbons (Fsp3) is 0.500. The molecule has 1 aromatic rings. The molecule has 1 aromatic carbocycles. The molecule has 1 N–H and O–H groups in total. The maximum Gasteiger partial charge on any atom is 0.252 e. The van der Waals surface area contributed by atoms with Crippen LogP contribution in [0.4, 0.5) is 0 Å². The summed E-state index contributed by atoms with van der Waals surface area (Å²) in [6, 6.07) is 4.74. The van der Waals surface area contributed by atoms with Crippen LogP contribution in [-0.2, 0) is 10.0 Å². The molecule has 0 unspecified atom stereocenters. The van der Waals surface area contributed by atoms with Gasteiger partial charge in [0, 0.05) is 44.3 Å². The molecule has 0 saturated carbocycles. The predicted molar refractivity (Wildman–Crippen MR) is 91.7 cm³/mol. The Labute approximate surface area is 146 Å². The number of nitrogens with zero attached hydrogens (tertiary/aromatic N) is 2. The molecule has 1 fully saturated rings. The van der Waals surface area contributed by atoms with Gasteiger partial charge in [-0.3, -0.25) is 9.69 Å². The van der Waals surface area contributed by atoms with Crippen molar-refractivity contribution in [3.8, 4) is 0 Å². The number of halogens is 2. The van der Waals surface area contributed by atoms with Gasteiger partial charge >= 0.3 is 0 Å². The lowest BCUT2D eigenvalue weighted by Crippen LogP contribution is -2.49. The van der Waals surface area contributed by atoms with Gasteiger partial charge in [0.15, 0.2) is 0 Å². The maximum absolute atomic E-state index is 12.1. The van der Waals surface area contributed by atoms with E-state index < -0.39 is 10.0 Å². The van der Waals surface area contributed by atoms with Crippen LogP contribution < -0.4 is 5.32 Å². The molecular weight excluding hydrogens is 361 g/mol. The van der Waals surface area contributed by atoms with E-state index in [-0.39, 0.29) is 5.91 Å². The third-order valence-corrected chi connectivity index (χ3v) is 5.54. The standard InChI is InChI=1S/C14H19Cl2N3O3S/c1-23(21,22)19-8-6-18(7-9-19)5-4-17-14(20)12-3-2-11(15)10-13(12)16/h2-3,10H,4-9H2,1H3,(H,17,20). The van der Waals surface area contributed by atoms with E-state index in [4.69, 9.17) is 23.2 Å². The minimum absolute atomic E-state index is 0.249. The van der Waals surface area contributed by atoms with Crippen LogP contribution in [0.2, 0.25) is 10.0 Å². The summed E-state index contributed by atoms with van der Waals surface area (Å²) in [6.07, 6.45) is 1.22. The number of benzene rings is 1. The lowest BCUT2D eigenvalue weighted by Gasteiger charge is -2.33. The number of rotatable bonds is 5. The van der Waals surface area contributed by atoms with Crippen molar-refractivity contribution in [3.63, 3.8) is 0 Å². The van der Waals surface area contributed by atoms with Gasteiger partial charge in [0.1, 0.15) is 0 Å². The number of carbonyl (C=O) groups is 1. The second-order valence-corrected chi connectivity index (χ2v) is 8.21. The first-order chi connectivity index (χ1) is 10.8. The summed E-state index contributed by atoms with van der Waals surface area (Å²) in [5.74, 6) is -0.249. The monoisotopic (exact) mass is 379 g/mol. The summed E-state index contributed by atoms with van der Waals surface area (Å²) in [5, 5.41) is 3.61. The molecule has 0 atom stereocenters. The molecule has 1 aliphatic heterocycles. The summed E-state index contributed by atoms with van der Waals surface area (Å²) in [6.45, 7) is 3.41. The minimum Gasteiger partial charge on any atom is -0.351 e. The Morgan fingerprint density at radius 1 is 1.22 bits per heavy atom. The zero-order chi connectivity index (χ0) is 17.0. The van der Waals surface area contributed by atoms with E-state index in [1.807, 2.05) is 0 Å². The van der Waals surface area contributed by atoms with Crippen molar-refractivity contribution >= 4 is 39.1 Å². The molecule has 23 heavy (non-hydrogen) atoms. The highest BCUT2D eigenvalue weighted by molar-refractivity contribution is 7.88. The Morgan fingerprint density at radius 2 is 1.87 bits per heavy atom. The van der Waals surface area contributed by atoms with Crippen LogP contribution in [0, 0.1) is 0 Å². The second-order valence-electron chi connectivity index (χ2n) is 5.38. The van der Waals surface area contributed by atoms with Crippen molar-refractivity contribution in [2.45, 2.75) is 0 Å². The minimum atomic E-state index is -3.12. The Balaban J connectivity index is 1.76. The van der Waals surface area contributed by atoms with Crippen molar-refractivity contribution in [2.75, 3.05) is 45.5 Å². The number of hydrogen-bond donors (Lipinski definition) is 1. The normalized spacial score (nSPS) is 17.2. The summed E-state index contributed by atoms with van der Waals surface area (Å²) in [4.78, 5) is 14.2. The molecule has 1 amide bonds. The van der Waals surface area contributed by atoms with Crippen LogP contribution in [0.3, 0.4) is 0 Å². The molecule has 9 heteroatoms. The van der Waals surface area contributed by atoms with Gasteiger partial charge in [0.25, 0.3) is 5.91 Å². The zero-order valence-corrected chi connectivity index (χ0v) is 15.1. The number of hydrogen-bond acceptors (Lipinski definition) is 4. The molecule has 1 aliphatic rings. The van der Waals surface area contributed by atoms with E-state index in [0.29, 0.717) is 54.9 Å². The number of sulfonamides is 1. The molecule has 128 valence electrons. The molecule has 0 bridgehead atoms. The zero-order valence-electron chi connectivity index (χ0n) is 12.8. The SMILES string of the molecule is CS(=O)(=O)N1CCN(CCNC(=O)c2ccc(Cl)cc2Cl)CC1. The third kappa shape index (κ3) is 5.32. The smallest absolute Gasteiger partial charge is 0.252 e. The first-order valence-corrected chi connectivity index (χ1v) is 9.78. The third-order valence-electron chi connectivity index (χ3n) is 3.69. The molecule has 1 saturated heterocycles. The van der Waals surface area contributed by atoms with E-state index in [1.54, 1.807) is 12.1 Å². The molecule has 0 aliphatic carbocycles. The van der Waals surface area contributed by atoms with Crippen molar-refractivity contribution in [1.29, 1.82) is 0 Å². The molecule has 0 spiro atoms. The summed E-state index contributed by atoms with van der Waals surface area (Å²) >= 11 is 11.8. The molecule has 0 aromatic heterocycles. The van der Waals surface area contributed by atoms with Crippen molar-refractivity contribution < 1.29 is 13.2 Å². The highest BCUT2D eigenvalue weighted by atomic mass is 35.5. The average Bonchev–Trinajstić information content (AvgIpc) is 2.46. The number of amides is 1. The quantitative estimate of drug-likeness (QED) is 0.836. The molecular formula is C14H19Cl2N3O3S. The van der Waals surface area contributed by atoms with Crippen molar-refractivity contribution in [2.24, 2.45) is 0 Å². The van der Waals surface area contributed by atoms with Gasteiger partial charge in [-0.1, -0.05) is 23.2 Å². The van der Waals surface area contributed by atoms with Gasteiger partial charge in [-0.25, -0.2) is 8.42 Å². The van der Waals surface area contributed by atoms with E-state index in [0.717, 1.165) is 0 Å². The summed E-state index contributed by atoms with van der Waals surface area (Å²) in [5.41, 5.74) is 0.387. The Kier molecular flexibility index (Phi) is 6.27. The van der Waals surface area contributed by atoms with Crippen molar-refractivity contribution in [1.82, 2.24) is 14.5 Å². The number of piperazine rings is 1. The topological polar surface area (TPSA) is 69.7 Å². The van der Waals surface area contributed by atoms with Crippen LogP contribution in [0.15, 0.2) is 18.2 Å². The average molecular weight is 380 g/mol. The fourth-order valence-corrected chi connectivity index (χ4v) is 3.70. The van der Waals surface area contributed by atoms with Crippen LogP contribution >= 0.6 is 23.2 Å². The highest BCUT2D eigenvalue weighted by Crippen LogP contribution is 2.20. The van der Waals surface area contributed by atoms with Gasteiger partial charge in [-0.15, -0.1) is 0 Å². The maximum atomic E-state index is 12.1. The molecule has 1 heterocycles. The van der Waals surface area contributed by atoms with Gasteiger partial charge in [0.05, 0.1) is 16.8 Å². The summed E-state index contributed by atoms with van der Waals surface area (Å²) in [7, 11) is -3.12. The molecule has 2 rings (SSSR count). The fourth-order valence-electron chi connectivity index (χ4n) is 2.38. The molecule has 0 radical (unpaired) electrons. The van der Waals surface area contributed by atoms with E-state index in [2.05, 4.69) is 10.2 Å². The predicted octanol–water partition coefficient (Wildman–Crippen LogP) is 1.30. The van der Waals surface area contributed by atoms with Crippen LogP contribution in [0.5, 0.6) is 0 Å². The number of carbonyl (C=O) groups excluding carboxylic acids is 1. The Bertz CT molecular complexity index is 674. The lowest BCUT2D eigenvalue weighted by atomic mass is 10.2. The Hall–Kier alpha value is -0.860. The van der Waals surface area contributed by atoms with Gasteiger partial charge in [-0.2, -0.15) is 4.31 Å². The van der Waals surface area contributed by atoms with Gasteiger partial charge in [-0.05, 0) is 18.2 Å². The van der Waals surface area contributed by atoms with Crippen LogP contribution in [-0.4, -0.2) is 69.1 Å². The van der Waals surface area contributed by atoms with E-state index >= 15 is 0 Å². The lowest BCUT2D eigenvalue weighted by molar-refractivity contribution is 0.0945. The van der Waals surface area contributed by atoms with Crippen LogP contribution in [0.1, 0.15) is 10.4 Å². The second kappa shape index (κ2) is 7.81. The van der Waals surface area contributed by atoms with E-state index in [1.165, 1.54) is 16.6 Å². The van der Waals surface area contributed by atoms with Crippen LogP contribution in [0.25, 0.3) is 0 Å². The first-order valence-electron chi connectivity index (χ1n) is 7.18. The summed E-state index contributed by atoms with van der Waals surface area (Å²) < 4.78 is 24.3. The van der Waals surface area contributed by atoms with E-state index in [9.17, 15) is 13.2 Å². The van der Waals surface area contributed by atoms with Crippen molar-refractivity contribution in [3.05, 3.63) is 33.8 Å². The van der Waals surface area contributed by atoms with Gasteiger partial charge < -0.3 is 5.32 Å². The highest BCUT2D eigenvalue weighted by Gasteiger charge is 2.23. The largest absolute Gasteiger partial charge is 0.351 e.